The number of piperazine rings is 1. The highest BCUT2D eigenvalue weighted by molar-refractivity contribution is 5.80. The number of carboxylic acids is 1. The molecule has 19 heavy (non-hydrogen) atoms. The van der Waals surface area contributed by atoms with Crippen molar-refractivity contribution < 1.29 is 24.6 Å². The summed E-state index contributed by atoms with van der Waals surface area (Å²) in [7, 11) is 0. The van der Waals surface area contributed by atoms with E-state index in [4.69, 9.17) is 5.11 Å². The van der Waals surface area contributed by atoms with Crippen molar-refractivity contribution in [3.8, 4) is 0 Å². The summed E-state index contributed by atoms with van der Waals surface area (Å²) in [6.45, 7) is 2.70. The average molecular weight is 275 g/mol. The highest BCUT2D eigenvalue weighted by Crippen LogP contribution is 2.05. The first-order valence-corrected chi connectivity index (χ1v) is 5.98. The Morgan fingerprint density at radius 1 is 1.21 bits per heavy atom. The number of hydrogen-bond donors (Lipinski definition) is 1. The van der Waals surface area contributed by atoms with E-state index in [1.807, 2.05) is 4.90 Å². The Kier molecular flexibility index (Phi) is 6.00. The average Bonchev–Trinajstić information content (AvgIpc) is 2.36. The van der Waals surface area contributed by atoms with Gasteiger partial charge in [-0.2, -0.15) is 0 Å². The maximum absolute atomic E-state index is 11.6. The number of carboxylic acid groups (broad SMARTS) is 1. The van der Waals surface area contributed by atoms with Crippen LogP contribution in [0.25, 0.3) is 0 Å². The molecule has 9 nitrogen and oxygen atoms in total. The summed E-state index contributed by atoms with van der Waals surface area (Å²) in [4.78, 5) is 39.8. The van der Waals surface area contributed by atoms with E-state index in [2.05, 4.69) is 4.84 Å². The van der Waals surface area contributed by atoms with Crippen LogP contribution in [0.15, 0.2) is 0 Å². The lowest BCUT2D eigenvalue weighted by Crippen LogP contribution is -2.49. The molecule has 0 spiro atoms. The van der Waals surface area contributed by atoms with Crippen LogP contribution in [0, 0.1) is 10.1 Å². The minimum Gasteiger partial charge on any atom is -0.481 e. The topological polar surface area (TPSA) is 113 Å². The van der Waals surface area contributed by atoms with Gasteiger partial charge in [0.2, 0.25) is 5.91 Å². The second-order valence-corrected chi connectivity index (χ2v) is 4.17. The monoisotopic (exact) mass is 275 g/mol. The number of rotatable bonds is 7. The molecule has 1 N–H and O–H groups in total. The van der Waals surface area contributed by atoms with Crippen LogP contribution in [0.2, 0.25) is 0 Å². The molecule has 9 heteroatoms. The minimum atomic E-state index is -0.982. The summed E-state index contributed by atoms with van der Waals surface area (Å²) >= 11 is 0. The Morgan fingerprint density at radius 2 is 1.84 bits per heavy atom. The van der Waals surface area contributed by atoms with Crippen molar-refractivity contribution in [2.45, 2.75) is 12.8 Å². The summed E-state index contributed by atoms with van der Waals surface area (Å²) < 4.78 is 0. The quantitative estimate of drug-likeness (QED) is 0.478. The molecule has 0 atom stereocenters. The lowest BCUT2D eigenvalue weighted by molar-refractivity contribution is -0.757. The third kappa shape index (κ3) is 6.00. The fraction of sp³-hybridized carbons (Fsp3) is 0.800. The van der Waals surface area contributed by atoms with E-state index in [9.17, 15) is 19.7 Å². The van der Waals surface area contributed by atoms with Gasteiger partial charge >= 0.3 is 5.97 Å². The van der Waals surface area contributed by atoms with Crippen LogP contribution in [0.4, 0.5) is 0 Å². The Hall–Kier alpha value is -1.90. The standard InChI is InChI=1S/C10H17N3O6/c14-9(1-2-10(15)16)12-5-3-11(4-6-12)7-8-19-13(17)18/h1-8H2,(H,15,16). The number of carbonyl (C=O) groups is 2. The van der Waals surface area contributed by atoms with Gasteiger partial charge in [-0.3, -0.25) is 14.5 Å². The molecule has 0 radical (unpaired) electrons. The molecule has 1 rings (SSSR count). The predicted molar refractivity (Wildman–Crippen MR) is 62.8 cm³/mol. The van der Waals surface area contributed by atoms with Gasteiger partial charge in [-0.15, -0.1) is 10.1 Å². The van der Waals surface area contributed by atoms with Crippen LogP contribution in [0.3, 0.4) is 0 Å². The molecular weight excluding hydrogens is 258 g/mol. The normalized spacial score (nSPS) is 16.1. The SMILES string of the molecule is O=C(O)CCC(=O)N1CCN(CCO[N+](=O)[O-])CC1. The first-order chi connectivity index (χ1) is 8.99. The Morgan fingerprint density at radius 3 is 2.37 bits per heavy atom. The van der Waals surface area contributed by atoms with Gasteiger partial charge in [0.15, 0.2) is 0 Å². The first-order valence-electron chi connectivity index (χ1n) is 5.98. The van der Waals surface area contributed by atoms with E-state index in [1.165, 1.54) is 0 Å². The zero-order valence-corrected chi connectivity index (χ0v) is 10.5. The maximum Gasteiger partial charge on any atom is 0.303 e. The van der Waals surface area contributed by atoms with Gasteiger partial charge in [0.25, 0.3) is 5.09 Å². The lowest BCUT2D eigenvalue weighted by Gasteiger charge is -2.34. The highest BCUT2D eigenvalue weighted by Gasteiger charge is 2.21. The smallest absolute Gasteiger partial charge is 0.303 e. The van der Waals surface area contributed by atoms with Gasteiger partial charge < -0.3 is 14.8 Å². The molecule has 1 amide bonds. The number of hydrogen-bond acceptors (Lipinski definition) is 6. The van der Waals surface area contributed by atoms with E-state index in [1.54, 1.807) is 4.90 Å². The second-order valence-electron chi connectivity index (χ2n) is 4.17. The lowest BCUT2D eigenvalue weighted by atomic mass is 10.2. The van der Waals surface area contributed by atoms with E-state index in [-0.39, 0.29) is 25.4 Å². The summed E-state index contributed by atoms with van der Waals surface area (Å²) in [5.41, 5.74) is 0. The molecule has 0 bridgehead atoms. The van der Waals surface area contributed by atoms with Crippen molar-refractivity contribution in [1.82, 2.24) is 9.80 Å². The second kappa shape index (κ2) is 7.52. The molecule has 1 aliphatic rings. The fourth-order valence-corrected chi connectivity index (χ4v) is 1.84. The van der Waals surface area contributed by atoms with Gasteiger partial charge in [-0.25, -0.2) is 0 Å². The van der Waals surface area contributed by atoms with Crippen molar-refractivity contribution in [3.05, 3.63) is 10.1 Å². The predicted octanol–water partition coefficient (Wildman–Crippen LogP) is -0.796. The van der Waals surface area contributed by atoms with Crippen LogP contribution in [-0.4, -0.2) is 71.2 Å². The Labute approximate surface area is 109 Å². The van der Waals surface area contributed by atoms with Gasteiger partial charge in [0.1, 0.15) is 6.61 Å². The van der Waals surface area contributed by atoms with Crippen LogP contribution in [0.1, 0.15) is 12.8 Å². The van der Waals surface area contributed by atoms with Crippen molar-refractivity contribution in [2.75, 3.05) is 39.3 Å². The molecular formula is C10H17N3O6. The van der Waals surface area contributed by atoms with E-state index in [0.29, 0.717) is 32.7 Å². The zero-order valence-electron chi connectivity index (χ0n) is 10.5. The highest BCUT2D eigenvalue weighted by atomic mass is 16.9. The molecule has 0 unspecified atom stereocenters. The molecule has 0 aromatic heterocycles. The van der Waals surface area contributed by atoms with Crippen LogP contribution in [-0.2, 0) is 14.4 Å². The molecule has 1 saturated heterocycles. The van der Waals surface area contributed by atoms with Crippen molar-refractivity contribution in [3.63, 3.8) is 0 Å². The number of carbonyl (C=O) groups excluding carboxylic acids is 1. The largest absolute Gasteiger partial charge is 0.481 e. The minimum absolute atomic E-state index is 0.0137. The third-order valence-electron chi connectivity index (χ3n) is 2.88. The van der Waals surface area contributed by atoms with Crippen molar-refractivity contribution in [1.29, 1.82) is 0 Å². The Bertz CT molecular complexity index is 340. The molecule has 0 aromatic carbocycles. The summed E-state index contributed by atoms with van der Waals surface area (Å²) in [5.74, 6) is -1.15. The van der Waals surface area contributed by atoms with Gasteiger partial charge in [0.05, 0.1) is 6.42 Å². The number of nitrogens with zero attached hydrogens (tertiary/aromatic N) is 3. The van der Waals surface area contributed by atoms with E-state index >= 15 is 0 Å². The zero-order chi connectivity index (χ0) is 14.3. The molecule has 0 aliphatic carbocycles. The van der Waals surface area contributed by atoms with Crippen molar-refractivity contribution >= 4 is 11.9 Å². The number of aliphatic carboxylic acids is 1. The molecule has 1 heterocycles. The fourth-order valence-electron chi connectivity index (χ4n) is 1.84. The molecule has 1 aliphatic heterocycles. The van der Waals surface area contributed by atoms with Crippen LogP contribution >= 0.6 is 0 Å². The van der Waals surface area contributed by atoms with Gasteiger partial charge in [-0.1, -0.05) is 0 Å². The van der Waals surface area contributed by atoms with Crippen LogP contribution < -0.4 is 0 Å². The van der Waals surface area contributed by atoms with E-state index in [0.717, 1.165) is 0 Å². The van der Waals surface area contributed by atoms with Gasteiger partial charge in [-0.05, 0) is 0 Å². The van der Waals surface area contributed by atoms with Crippen molar-refractivity contribution in [2.24, 2.45) is 0 Å². The molecule has 0 saturated carbocycles. The van der Waals surface area contributed by atoms with E-state index < -0.39 is 11.1 Å². The summed E-state index contributed by atoms with van der Waals surface area (Å²) in [6, 6.07) is 0. The molecule has 1 fully saturated rings. The first kappa shape index (κ1) is 15.2. The molecule has 108 valence electrons. The number of amides is 1. The maximum atomic E-state index is 11.6. The summed E-state index contributed by atoms with van der Waals surface area (Å²) in [5, 5.41) is 17.6. The molecule has 0 aromatic rings. The Balaban J connectivity index is 2.19. The van der Waals surface area contributed by atoms with Crippen LogP contribution in [0.5, 0.6) is 0 Å². The third-order valence-corrected chi connectivity index (χ3v) is 2.88. The summed E-state index contributed by atoms with van der Waals surface area (Å²) in [6.07, 6.45) is -0.143. The van der Waals surface area contributed by atoms with Gasteiger partial charge in [0, 0.05) is 39.1 Å².